The molecular formula is C12H14N2O3. The highest BCUT2D eigenvalue weighted by Gasteiger charge is 2.13. The van der Waals surface area contributed by atoms with E-state index < -0.39 is 4.92 Å². The van der Waals surface area contributed by atoms with Crippen LogP contribution in [-0.4, -0.2) is 11.0 Å². The summed E-state index contributed by atoms with van der Waals surface area (Å²) in [6.45, 7) is 3.95. The molecule has 1 atom stereocenters. The second-order valence-corrected chi connectivity index (χ2v) is 3.77. The van der Waals surface area contributed by atoms with Gasteiger partial charge in [-0.05, 0) is 19.4 Å². The monoisotopic (exact) mass is 234 g/mol. The fourth-order valence-corrected chi connectivity index (χ4v) is 1.50. The molecule has 0 heterocycles. The second-order valence-electron chi connectivity index (χ2n) is 3.77. The minimum atomic E-state index is -0.528. The third-order valence-corrected chi connectivity index (χ3v) is 2.32. The molecule has 5 heteroatoms. The molecule has 1 rings (SSSR count). The number of hydrogen-bond acceptors (Lipinski definition) is 4. The molecule has 0 amide bonds. The summed E-state index contributed by atoms with van der Waals surface area (Å²) in [5.41, 5.74) is 0.0965. The summed E-state index contributed by atoms with van der Waals surface area (Å²) in [5.74, 6) is 0.402. The van der Waals surface area contributed by atoms with Gasteiger partial charge in [0.25, 0.3) is 5.69 Å². The van der Waals surface area contributed by atoms with Crippen LogP contribution in [0.5, 0.6) is 5.75 Å². The van der Waals surface area contributed by atoms with Gasteiger partial charge in [-0.1, -0.05) is 13.3 Å². The molecule has 0 saturated heterocycles. The number of rotatable bonds is 5. The number of nitriles is 1. The first-order valence-corrected chi connectivity index (χ1v) is 5.43. The van der Waals surface area contributed by atoms with Crippen LogP contribution in [0.25, 0.3) is 0 Å². The van der Waals surface area contributed by atoms with Gasteiger partial charge in [-0.3, -0.25) is 10.1 Å². The van der Waals surface area contributed by atoms with Crippen molar-refractivity contribution in [3.8, 4) is 11.8 Å². The maximum atomic E-state index is 10.6. The molecule has 0 aliphatic carbocycles. The van der Waals surface area contributed by atoms with E-state index in [1.54, 1.807) is 0 Å². The third-order valence-electron chi connectivity index (χ3n) is 2.32. The average molecular weight is 234 g/mol. The Labute approximate surface area is 99.8 Å². The third kappa shape index (κ3) is 3.45. The SMILES string of the molecule is CCCC(C)Oc1ccc([N+](=O)[O-])cc1C#N. The molecule has 17 heavy (non-hydrogen) atoms. The van der Waals surface area contributed by atoms with Crippen molar-refractivity contribution in [2.45, 2.75) is 32.8 Å². The molecule has 0 aromatic heterocycles. The molecule has 1 unspecified atom stereocenters. The molecule has 0 aliphatic heterocycles. The lowest BCUT2D eigenvalue weighted by Crippen LogP contribution is -2.11. The molecule has 0 N–H and O–H groups in total. The van der Waals surface area contributed by atoms with Gasteiger partial charge in [-0.25, -0.2) is 0 Å². The Bertz CT molecular complexity index is 452. The second kappa shape index (κ2) is 5.85. The quantitative estimate of drug-likeness (QED) is 0.579. The van der Waals surface area contributed by atoms with Gasteiger partial charge in [0.1, 0.15) is 17.4 Å². The van der Waals surface area contributed by atoms with Crippen LogP contribution in [0.4, 0.5) is 5.69 Å². The minimum absolute atomic E-state index is 0.00597. The van der Waals surface area contributed by atoms with Gasteiger partial charge >= 0.3 is 0 Å². The number of ether oxygens (including phenoxy) is 1. The molecule has 0 fully saturated rings. The van der Waals surface area contributed by atoms with Gasteiger partial charge in [0.15, 0.2) is 0 Å². The zero-order valence-electron chi connectivity index (χ0n) is 9.84. The van der Waals surface area contributed by atoms with Crippen molar-refractivity contribution in [1.82, 2.24) is 0 Å². The van der Waals surface area contributed by atoms with Crippen LogP contribution in [0.15, 0.2) is 18.2 Å². The van der Waals surface area contributed by atoms with Crippen molar-refractivity contribution in [3.05, 3.63) is 33.9 Å². The van der Waals surface area contributed by atoms with Crippen LogP contribution in [0.2, 0.25) is 0 Å². The number of non-ortho nitro benzene ring substituents is 1. The molecular weight excluding hydrogens is 220 g/mol. The fourth-order valence-electron chi connectivity index (χ4n) is 1.50. The first kappa shape index (κ1) is 13.0. The molecule has 0 aliphatic rings. The number of benzene rings is 1. The van der Waals surface area contributed by atoms with Crippen molar-refractivity contribution in [2.75, 3.05) is 0 Å². The topological polar surface area (TPSA) is 76.2 Å². The Kier molecular flexibility index (Phi) is 4.46. The van der Waals surface area contributed by atoms with Gasteiger partial charge in [-0.2, -0.15) is 5.26 Å². The van der Waals surface area contributed by atoms with Gasteiger partial charge in [0.05, 0.1) is 11.0 Å². The van der Waals surface area contributed by atoms with Gasteiger partial charge in [0, 0.05) is 12.1 Å². The molecule has 0 saturated carbocycles. The number of nitro benzene ring substituents is 1. The maximum Gasteiger partial charge on any atom is 0.271 e. The lowest BCUT2D eigenvalue weighted by molar-refractivity contribution is -0.384. The molecule has 1 aromatic rings. The predicted molar refractivity (Wildman–Crippen MR) is 62.8 cm³/mol. The molecule has 0 bridgehead atoms. The highest BCUT2D eigenvalue weighted by atomic mass is 16.6. The van der Waals surface area contributed by atoms with Crippen LogP contribution in [0, 0.1) is 21.4 Å². The summed E-state index contributed by atoms with van der Waals surface area (Å²) in [6.07, 6.45) is 1.85. The normalized spacial score (nSPS) is 11.6. The molecule has 0 spiro atoms. The van der Waals surface area contributed by atoms with E-state index in [0.29, 0.717) is 5.75 Å². The van der Waals surface area contributed by atoms with Crippen LogP contribution in [0.3, 0.4) is 0 Å². The molecule has 5 nitrogen and oxygen atoms in total. The molecule has 0 radical (unpaired) electrons. The Hall–Kier alpha value is -2.09. The summed E-state index contributed by atoms with van der Waals surface area (Å²) >= 11 is 0. The van der Waals surface area contributed by atoms with Crippen LogP contribution < -0.4 is 4.74 Å². The lowest BCUT2D eigenvalue weighted by Gasteiger charge is -2.14. The van der Waals surface area contributed by atoms with E-state index in [1.165, 1.54) is 18.2 Å². The van der Waals surface area contributed by atoms with E-state index >= 15 is 0 Å². The standard InChI is InChI=1S/C12H14N2O3/c1-3-4-9(2)17-12-6-5-11(14(15)16)7-10(12)8-13/h5-7,9H,3-4H2,1-2H3. The Morgan fingerprint density at radius 1 is 1.59 bits per heavy atom. The molecule has 1 aromatic carbocycles. The number of nitro groups is 1. The van der Waals surface area contributed by atoms with E-state index in [0.717, 1.165) is 12.8 Å². The Morgan fingerprint density at radius 3 is 2.82 bits per heavy atom. The van der Waals surface area contributed by atoms with Crippen molar-refractivity contribution >= 4 is 5.69 Å². The van der Waals surface area contributed by atoms with Crippen molar-refractivity contribution in [3.63, 3.8) is 0 Å². The van der Waals surface area contributed by atoms with E-state index in [1.807, 2.05) is 19.9 Å². The number of nitrogens with zero attached hydrogens (tertiary/aromatic N) is 2. The lowest BCUT2D eigenvalue weighted by atomic mass is 10.2. The largest absolute Gasteiger partial charge is 0.489 e. The first-order valence-electron chi connectivity index (χ1n) is 5.43. The number of hydrogen-bond donors (Lipinski definition) is 0. The van der Waals surface area contributed by atoms with Crippen LogP contribution >= 0.6 is 0 Å². The van der Waals surface area contributed by atoms with Gasteiger partial charge in [0.2, 0.25) is 0 Å². The van der Waals surface area contributed by atoms with E-state index in [-0.39, 0.29) is 17.4 Å². The zero-order valence-corrected chi connectivity index (χ0v) is 9.84. The van der Waals surface area contributed by atoms with Crippen molar-refractivity contribution in [1.29, 1.82) is 5.26 Å². The Balaban J connectivity index is 2.94. The summed E-state index contributed by atoms with van der Waals surface area (Å²) in [5, 5.41) is 19.5. The van der Waals surface area contributed by atoms with Crippen LogP contribution in [0.1, 0.15) is 32.3 Å². The zero-order chi connectivity index (χ0) is 12.8. The first-order chi connectivity index (χ1) is 8.08. The van der Waals surface area contributed by atoms with E-state index in [2.05, 4.69) is 0 Å². The average Bonchev–Trinajstić information content (AvgIpc) is 2.29. The fraction of sp³-hybridized carbons (Fsp3) is 0.417. The summed E-state index contributed by atoms with van der Waals surface area (Å²) in [7, 11) is 0. The maximum absolute atomic E-state index is 10.6. The summed E-state index contributed by atoms with van der Waals surface area (Å²) < 4.78 is 5.57. The highest BCUT2D eigenvalue weighted by Crippen LogP contribution is 2.24. The van der Waals surface area contributed by atoms with Gasteiger partial charge < -0.3 is 4.74 Å². The van der Waals surface area contributed by atoms with Crippen molar-refractivity contribution < 1.29 is 9.66 Å². The smallest absolute Gasteiger partial charge is 0.271 e. The highest BCUT2D eigenvalue weighted by molar-refractivity contribution is 5.50. The van der Waals surface area contributed by atoms with Crippen LogP contribution in [-0.2, 0) is 0 Å². The van der Waals surface area contributed by atoms with Crippen molar-refractivity contribution in [2.24, 2.45) is 0 Å². The minimum Gasteiger partial charge on any atom is -0.489 e. The predicted octanol–water partition coefficient (Wildman–Crippen LogP) is 3.03. The molecule has 90 valence electrons. The van der Waals surface area contributed by atoms with E-state index in [4.69, 9.17) is 10.00 Å². The Morgan fingerprint density at radius 2 is 2.29 bits per heavy atom. The van der Waals surface area contributed by atoms with E-state index in [9.17, 15) is 10.1 Å². The summed E-state index contributed by atoms with van der Waals surface area (Å²) in [6, 6.07) is 5.96. The van der Waals surface area contributed by atoms with Gasteiger partial charge in [-0.15, -0.1) is 0 Å². The summed E-state index contributed by atoms with van der Waals surface area (Å²) in [4.78, 5) is 10.0.